The molecule has 57 heavy (non-hydrogen) atoms. The second-order valence-corrected chi connectivity index (χ2v) is 14.5. The number of nitrogens with one attached hydrogen (secondary N) is 1. The monoisotopic (exact) mass is 791 g/mol. The number of rotatable bonds is 16. The molecule has 3 N–H and O–H groups in total. The summed E-state index contributed by atoms with van der Waals surface area (Å²) >= 11 is 11.2. The second kappa shape index (κ2) is 18.8. The normalized spacial score (nSPS) is 12.5. The minimum atomic E-state index is -1.51. The zero-order valence-corrected chi connectivity index (χ0v) is 33.3. The van der Waals surface area contributed by atoms with Crippen molar-refractivity contribution in [3.63, 3.8) is 0 Å². The van der Waals surface area contributed by atoms with E-state index in [4.69, 9.17) is 22.7 Å². The van der Waals surface area contributed by atoms with E-state index in [1.807, 2.05) is 146 Å². The Balaban J connectivity index is 1.71. The zero-order chi connectivity index (χ0) is 40.3. The molecule has 0 aliphatic rings. The van der Waals surface area contributed by atoms with Crippen LogP contribution < -0.4 is 11.1 Å². The average molecular weight is 792 g/mol. The highest BCUT2D eigenvalue weighted by Crippen LogP contribution is 2.47. The van der Waals surface area contributed by atoms with E-state index in [1.165, 1.54) is 12.0 Å². The van der Waals surface area contributed by atoms with Crippen molar-refractivity contribution in [2.45, 2.75) is 29.5 Å². The number of hydrogen-bond donors (Lipinski definition) is 3. The number of thiol groups is 1. The summed E-state index contributed by atoms with van der Waals surface area (Å²) in [7, 11) is 1.29. The number of ether oxygens (including phenoxy) is 1. The highest BCUT2D eigenvalue weighted by atomic mass is 32.1. The first kappa shape index (κ1) is 40.8. The lowest BCUT2D eigenvalue weighted by Crippen LogP contribution is -2.65. The van der Waals surface area contributed by atoms with Gasteiger partial charge in [-0.05, 0) is 39.8 Å². The van der Waals surface area contributed by atoms with Crippen LogP contribution >= 0.6 is 24.8 Å². The Hall–Kier alpha value is -5.87. The molecule has 2 atom stereocenters. The van der Waals surface area contributed by atoms with Gasteiger partial charge in [0.2, 0.25) is 11.8 Å². The van der Waals surface area contributed by atoms with E-state index in [2.05, 4.69) is 54.3 Å². The molecule has 1 unspecified atom stereocenters. The molecule has 0 aliphatic heterocycles. The van der Waals surface area contributed by atoms with E-state index in [0.717, 1.165) is 16.7 Å². The van der Waals surface area contributed by atoms with Crippen LogP contribution in [0.5, 0.6) is 0 Å². The van der Waals surface area contributed by atoms with Crippen LogP contribution in [-0.4, -0.2) is 59.0 Å². The topological polar surface area (TPSA) is 102 Å². The number of esters is 1. The van der Waals surface area contributed by atoms with E-state index in [1.54, 1.807) is 0 Å². The van der Waals surface area contributed by atoms with Crippen LogP contribution in [0.2, 0.25) is 0 Å². The number of nitrogens with zero attached hydrogens (tertiary/aromatic N) is 1. The Labute approximate surface area is 345 Å². The molecule has 2 amide bonds. The third kappa shape index (κ3) is 8.18. The molecule has 6 aromatic carbocycles. The number of carbonyl (C=O) groups excluding carboxylic acids is 3. The zero-order valence-electron chi connectivity index (χ0n) is 31.6. The Morgan fingerprint density at radius 1 is 0.632 bits per heavy atom. The molecule has 0 aromatic heterocycles. The largest absolute Gasteiger partial charge is 0.467 e. The number of amides is 2. The number of benzene rings is 6. The molecule has 0 saturated carbocycles. The van der Waals surface area contributed by atoms with Gasteiger partial charge in [0.05, 0.1) is 13.7 Å². The predicted octanol–water partition coefficient (Wildman–Crippen LogP) is 7.52. The molecule has 0 spiro atoms. The van der Waals surface area contributed by atoms with Crippen molar-refractivity contribution in [3.05, 3.63) is 215 Å². The first-order valence-corrected chi connectivity index (χ1v) is 19.7. The summed E-state index contributed by atoms with van der Waals surface area (Å²) < 4.78 is 5.67. The average Bonchev–Trinajstić information content (AvgIpc) is 3.28. The van der Waals surface area contributed by atoms with Crippen LogP contribution in [0.3, 0.4) is 0 Å². The van der Waals surface area contributed by atoms with Crippen molar-refractivity contribution in [2.75, 3.05) is 19.4 Å². The maximum atomic E-state index is 15.8. The van der Waals surface area contributed by atoms with Gasteiger partial charge >= 0.3 is 5.97 Å². The molecule has 0 saturated heterocycles. The van der Waals surface area contributed by atoms with Crippen molar-refractivity contribution >= 4 is 47.5 Å². The van der Waals surface area contributed by atoms with E-state index >= 15 is 4.79 Å². The van der Waals surface area contributed by atoms with E-state index in [-0.39, 0.29) is 23.6 Å². The molecule has 9 heteroatoms. The second-order valence-electron chi connectivity index (χ2n) is 13.6. The van der Waals surface area contributed by atoms with E-state index in [0.29, 0.717) is 16.7 Å². The Kier molecular flexibility index (Phi) is 13.5. The molecule has 288 valence electrons. The molecular formula is C48H45N3O4S2. The van der Waals surface area contributed by atoms with Crippen LogP contribution in [0.15, 0.2) is 182 Å². The SMILES string of the molecule is COC(=O)C(C(=S)CC(c1ccccc1)(c1ccccc1)c1ccccc1)N(C(=O)[C@@H](CS)NC(=O)CN)C(c1ccccc1)(c1ccccc1)c1ccccc1. The summed E-state index contributed by atoms with van der Waals surface area (Å²) in [5, 5.41) is 2.77. The highest BCUT2D eigenvalue weighted by Gasteiger charge is 2.53. The summed E-state index contributed by atoms with van der Waals surface area (Å²) in [5.74, 6) is -2.00. The van der Waals surface area contributed by atoms with Gasteiger partial charge in [0.1, 0.15) is 11.6 Å². The maximum absolute atomic E-state index is 15.8. The van der Waals surface area contributed by atoms with Gasteiger partial charge in [-0.3, -0.25) is 9.59 Å². The van der Waals surface area contributed by atoms with Crippen molar-refractivity contribution in [1.29, 1.82) is 0 Å². The predicted molar refractivity (Wildman–Crippen MR) is 233 cm³/mol. The maximum Gasteiger partial charge on any atom is 0.333 e. The van der Waals surface area contributed by atoms with Gasteiger partial charge in [0, 0.05) is 16.0 Å². The number of carbonyl (C=O) groups is 3. The summed E-state index contributed by atoms with van der Waals surface area (Å²) in [5.41, 5.74) is 8.19. The smallest absolute Gasteiger partial charge is 0.333 e. The fourth-order valence-electron chi connectivity index (χ4n) is 7.87. The molecule has 6 aromatic rings. The number of hydrogen-bond acceptors (Lipinski definition) is 7. The lowest BCUT2D eigenvalue weighted by Gasteiger charge is -2.50. The minimum Gasteiger partial charge on any atom is -0.467 e. The first-order chi connectivity index (χ1) is 27.8. The fraction of sp³-hybridized carbons (Fsp3) is 0.167. The van der Waals surface area contributed by atoms with Crippen molar-refractivity contribution in [3.8, 4) is 0 Å². The van der Waals surface area contributed by atoms with Crippen LogP contribution in [-0.2, 0) is 30.1 Å². The minimum absolute atomic E-state index is 0.0990. The number of nitrogens with two attached hydrogens (primary N) is 1. The molecule has 0 radical (unpaired) electrons. The number of thiocarbonyl (C=S) groups is 1. The van der Waals surface area contributed by atoms with Crippen molar-refractivity contribution < 1.29 is 19.1 Å². The van der Waals surface area contributed by atoms with Crippen molar-refractivity contribution in [2.24, 2.45) is 5.73 Å². The first-order valence-electron chi connectivity index (χ1n) is 18.7. The van der Waals surface area contributed by atoms with Gasteiger partial charge in [0.25, 0.3) is 0 Å². The Morgan fingerprint density at radius 2 is 0.965 bits per heavy atom. The summed E-state index contributed by atoms with van der Waals surface area (Å²) in [4.78, 5) is 45.4. The highest BCUT2D eigenvalue weighted by molar-refractivity contribution is 7.80. The van der Waals surface area contributed by atoms with Gasteiger partial charge in [-0.15, -0.1) is 0 Å². The van der Waals surface area contributed by atoms with Crippen LogP contribution in [0, 0.1) is 0 Å². The molecule has 0 bridgehead atoms. The summed E-state index contributed by atoms with van der Waals surface area (Å²) in [6.07, 6.45) is 0.110. The van der Waals surface area contributed by atoms with Gasteiger partial charge in [-0.25, -0.2) is 4.79 Å². The summed E-state index contributed by atoms with van der Waals surface area (Å²) in [6, 6.07) is 56.0. The molecular weight excluding hydrogens is 747 g/mol. The third-order valence-corrected chi connectivity index (χ3v) is 11.1. The lowest BCUT2D eigenvalue weighted by atomic mass is 9.66. The van der Waals surface area contributed by atoms with Crippen LogP contribution in [0.1, 0.15) is 39.8 Å². The van der Waals surface area contributed by atoms with E-state index in [9.17, 15) is 9.59 Å². The van der Waals surface area contributed by atoms with Gasteiger partial charge < -0.3 is 20.7 Å². The quantitative estimate of drug-likeness (QED) is 0.0406. The lowest BCUT2D eigenvalue weighted by molar-refractivity contribution is -0.154. The molecule has 0 aliphatic carbocycles. The summed E-state index contributed by atoms with van der Waals surface area (Å²) in [6.45, 7) is -0.356. The van der Waals surface area contributed by atoms with Crippen LogP contribution in [0.25, 0.3) is 0 Å². The standard InChI is InChI=1S/C48H45N3O4S2/c1-55-46(54)44(42(57)32-47(35-20-8-2-9-21-35,36-22-10-3-11-23-36)37-24-12-4-13-25-37)51(45(53)41(34-56)50-43(52)33-49)48(38-26-14-5-15-27-38,39-28-16-6-17-29-39)40-30-18-7-19-31-40/h2-31,41,44,56H,32-34,49H2,1H3,(H,50,52)/t41-,44?/m1/s1. The van der Waals surface area contributed by atoms with Crippen molar-refractivity contribution in [1.82, 2.24) is 10.2 Å². The third-order valence-electron chi connectivity index (χ3n) is 10.4. The Morgan fingerprint density at radius 3 is 1.26 bits per heavy atom. The van der Waals surface area contributed by atoms with Gasteiger partial charge in [-0.2, -0.15) is 12.6 Å². The Bertz CT molecular complexity index is 2050. The fourth-order valence-corrected chi connectivity index (χ4v) is 8.54. The molecule has 0 fully saturated rings. The molecule has 0 heterocycles. The number of methoxy groups -OCH3 is 1. The van der Waals surface area contributed by atoms with E-state index < -0.39 is 40.8 Å². The molecule has 6 rings (SSSR count). The van der Waals surface area contributed by atoms with Crippen LogP contribution in [0.4, 0.5) is 0 Å². The molecule has 7 nitrogen and oxygen atoms in total. The van der Waals surface area contributed by atoms with Gasteiger partial charge in [-0.1, -0.05) is 194 Å². The van der Waals surface area contributed by atoms with Gasteiger partial charge in [0.15, 0.2) is 6.04 Å².